The fourth-order valence-corrected chi connectivity index (χ4v) is 2.48. The second kappa shape index (κ2) is 6.05. The van der Waals surface area contributed by atoms with Gasteiger partial charge in [0.15, 0.2) is 0 Å². The summed E-state index contributed by atoms with van der Waals surface area (Å²) in [6.07, 6.45) is 1.64. The van der Waals surface area contributed by atoms with Crippen LogP contribution in [-0.2, 0) is 4.79 Å². The molecule has 0 aromatic heterocycles. The van der Waals surface area contributed by atoms with Crippen molar-refractivity contribution in [3.63, 3.8) is 0 Å². The second-order valence-electron chi connectivity index (χ2n) is 5.28. The first kappa shape index (κ1) is 14.5. The molecule has 0 aliphatic carbocycles. The summed E-state index contributed by atoms with van der Waals surface area (Å²) >= 11 is 0. The van der Waals surface area contributed by atoms with Crippen molar-refractivity contribution in [2.75, 3.05) is 18.4 Å². The average Bonchev–Trinajstić information content (AvgIpc) is 2.43. The maximum Gasteiger partial charge on any atom is 0.336 e. The molecule has 108 valence electrons. The van der Waals surface area contributed by atoms with Crippen molar-refractivity contribution in [3.8, 4) is 0 Å². The molecule has 1 saturated heterocycles. The van der Waals surface area contributed by atoms with Gasteiger partial charge in [0.2, 0.25) is 5.91 Å². The molecule has 1 fully saturated rings. The fraction of sp³-hybridized carbons (Fsp3) is 0.467. The van der Waals surface area contributed by atoms with Crippen molar-refractivity contribution in [1.82, 2.24) is 5.32 Å². The molecular weight excluding hydrogens is 256 g/mol. The number of aryl methyl sites for hydroxylation is 1. The third-order valence-corrected chi connectivity index (χ3v) is 3.88. The van der Waals surface area contributed by atoms with Gasteiger partial charge in [-0.1, -0.05) is 0 Å². The maximum atomic E-state index is 12.2. The Kier molecular flexibility index (Phi) is 4.39. The Morgan fingerprint density at radius 2 is 1.90 bits per heavy atom. The van der Waals surface area contributed by atoms with Gasteiger partial charge in [-0.05, 0) is 63.0 Å². The number of hydrogen-bond donors (Lipinski definition) is 3. The highest BCUT2D eigenvalue weighted by molar-refractivity contribution is 5.96. The van der Waals surface area contributed by atoms with E-state index in [-0.39, 0.29) is 17.4 Å². The van der Waals surface area contributed by atoms with Crippen molar-refractivity contribution in [1.29, 1.82) is 0 Å². The Labute approximate surface area is 118 Å². The molecule has 0 atom stereocenters. The number of aromatic carboxylic acids is 1. The monoisotopic (exact) mass is 276 g/mol. The van der Waals surface area contributed by atoms with Gasteiger partial charge in [0.1, 0.15) is 0 Å². The summed E-state index contributed by atoms with van der Waals surface area (Å²) in [6.45, 7) is 5.33. The number of amides is 1. The summed E-state index contributed by atoms with van der Waals surface area (Å²) in [5, 5.41) is 15.2. The highest BCUT2D eigenvalue weighted by atomic mass is 16.4. The minimum Gasteiger partial charge on any atom is -0.478 e. The summed E-state index contributed by atoms with van der Waals surface area (Å²) in [5.74, 6) is -0.985. The molecule has 0 unspecified atom stereocenters. The summed E-state index contributed by atoms with van der Waals surface area (Å²) in [5.41, 5.74) is 2.41. The van der Waals surface area contributed by atoms with E-state index in [1.807, 2.05) is 13.0 Å². The molecule has 0 saturated carbocycles. The smallest absolute Gasteiger partial charge is 0.336 e. The number of hydrogen-bond acceptors (Lipinski definition) is 3. The number of carbonyl (C=O) groups excluding carboxylic acids is 1. The van der Waals surface area contributed by atoms with Crippen LogP contribution in [0.1, 0.15) is 34.3 Å². The summed E-state index contributed by atoms with van der Waals surface area (Å²) in [6, 6.07) is 3.35. The maximum absolute atomic E-state index is 12.2. The quantitative estimate of drug-likeness (QED) is 0.788. The molecule has 1 aromatic carbocycles. The number of rotatable bonds is 3. The molecule has 1 heterocycles. The molecule has 3 N–H and O–H groups in total. The van der Waals surface area contributed by atoms with E-state index < -0.39 is 5.97 Å². The van der Waals surface area contributed by atoms with Gasteiger partial charge in [-0.3, -0.25) is 4.79 Å². The van der Waals surface area contributed by atoms with Crippen LogP contribution in [0.2, 0.25) is 0 Å². The number of carboxylic acid groups (broad SMARTS) is 1. The van der Waals surface area contributed by atoms with Crippen molar-refractivity contribution < 1.29 is 14.7 Å². The molecule has 20 heavy (non-hydrogen) atoms. The first-order valence-electron chi connectivity index (χ1n) is 6.85. The van der Waals surface area contributed by atoms with Crippen LogP contribution in [0.25, 0.3) is 0 Å². The van der Waals surface area contributed by atoms with Crippen LogP contribution >= 0.6 is 0 Å². The van der Waals surface area contributed by atoms with Crippen molar-refractivity contribution in [2.24, 2.45) is 5.92 Å². The topological polar surface area (TPSA) is 78.4 Å². The number of anilines is 1. The van der Waals surface area contributed by atoms with Gasteiger partial charge >= 0.3 is 5.97 Å². The molecule has 2 rings (SSSR count). The van der Waals surface area contributed by atoms with Crippen LogP contribution in [0.5, 0.6) is 0 Å². The SMILES string of the molecule is Cc1cc(NC(=O)C2CCNCC2)cc(C(=O)O)c1C. The second-order valence-corrected chi connectivity index (χ2v) is 5.28. The van der Waals surface area contributed by atoms with E-state index in [0.717, 1.165) is 37.1 Å². The lowest BCUT2D eigenvalue weighted by molar-refractivity contribution is -0.120. The van der Waals surface area contributed by atoms with E-state index in [1.54, 1.807) is 6.92 Å². The Balaban J connectivity index is 2.16. The zero-order chi connectivity index (χ0) is 14.7. The van der Waals surface area contributed by atoms with E-state index >= 15 is 0 Å². The third kappa shape index (κ3) is 3.17. The number of benzene rings is 1. The molecule has 1 aromatic rings. The summed E-state index contributed by atoms with van der Waals surface area (Å²) < 4.78 is 0. The highest BCUT2D eigenvalue weighted by Gasteiger charge is 2.21. The first-order valence-corrected chi connectivity index (χ1v) is 6.85. The van der Waals surface area contributed by atoms with Crippen LogP contribution in [0.15, 0.2) is 12.1 Å². The molecule has 5 nitrogen and oxygen atoms in total. The zero-order valence-corrected chi connectivity index (χ0v) is 11.8. The van der Waals surface area contributed by atoms with E-state index in [9.17, 15) is 14.7 Å². The van der Waals surface area contributed by atoms with Crippen molar-refractivity contribution >= 4 is 17.6 Å². The standard InChI is InChI=1S/C15H20N2O3/c1-9-7-12(8-13(10(9)2)15(19)20)17-14(18)11-3-5-16-6-4-11/h7-8,11,16H,3-6H2,1-2H3,(H,17,18)(H,19,20). The first-order chi connectivity index (χ1) is 9.49. The number of carbonyl (C=O) groups is 2. The van der Waals surface area contributed by atoms with Crippen molar-refractivity contribution in [3.05, 3.63) is 28.8 Å². The highest BCUT2D eigenvalue weighted by Crippen LogP contribution is 2.22. The number of carboxylic acids is 1. The van der Waals surface area contributed by atoms with Gasteiger partial charge in [0.05, 0.1) is 5.56 Å². The Bertz CT molecular complexity index is 534. The van der Waals surface area contributed by atoms with Gasteiger partial charge in [0, 0.05) is 11.6 Å². The molecule has 0 radical (unpaired) electrons. The molecule has 5 heteroatoms. The van der Waals surface area contributed by atoms with E-state index in [1.165, 1.54) is 6.07 Å². The largest absolute Gasteiger partial charge is 0.478 e. The summed E-state index contributed by atoms with van der Waals surface area (Å²) in [7, 11) is 0. The minimum atomic E-state index is -0.969. The lowest BCUT2D eigenvalue weighted by Crippen LogP contribution is -2.34. The normalized spacial score (nSPS) is 15.9. The molecule has 0 spiro atoms. The molecule has 1 aliphatic rings. The molecule has 0 bridgehead atoms. The molecule has 1 amide bonds. The van der Waals surface area contributed by atoms with E-state index in [2.05, 4.69) is 10.6 Å². The zero-order valence-electron chi connectivity index (χ0n) is 11.8. The van der Waals surface area contributed by atoms with Gasteiger partial charge in [-0.15, -0.1) is 0 Å². The summed E-state index contributed by atoms with van der Waals surface area (Å²) in [4.78, 5) is 23.4. The van der Waals surface area contributed by atoms with Crippen LogP contribution < -0.4 is 10.6 Å². The van der Waals surface area contributed by atoms with Gasteiger partial charge in [-0.25, -0.2) is 4.79 Å². The number of nitrogens with one attached hydrogen (secondary N) is 2. The predicted octanol–water partition coefficient (Wildman–Crippen LogP) is 1.94. The van der Waals surface area contributed by atoms with Gasteiger partial charge in [0.25, 0.3) is 0 Å². The lowest BCUT2D eigenvalue weighted by Gasteiger charge is -2.22. The van der Waals surface area contributed by atoms with Crippen LogP contribution in [-0.4, -0.2) is 30.1 Å². The van der Waals surface area contributed by atoms with E-state index in [4.69, 9.17) is 0 Å². The predicted molar refractivity (Wildman–Crippen MR) is 77.1 cm³/mol. The Morgan fingerprint density at radius 1 is 1.25 bits per heavy atom. The third-order valence-electron chi connectivity index (χ3n) is 3.88. The van der Waals surface area contributed by atoms with Crippen LogP contribution in [0.4, 0.5) is 5.69 Å². The Hall–Kier alpha value is -1.88. The van der Waals surface area contributed by atoms with Gasteiger partial charge < -0.3 is 15.7 Å². The minimum absolute atomic E-state index is 0.00568. The fourth-order valence-electron chi connectivity index (χ4n) is 2.48. The van der Waals surface area contributed by atoms with Crippen LogP contribution in [0.3, 0.4) is 0 Å². The molecular formula is C15H20N2O3. The molecule has 1 aliphatic heterocycles. The Morgan fingerprint density at radius 3 is 2.50 bits per heavy atom. The lowest BCUT2D eigenvalue weighted by atomic mass is 9.96. The number of piperidine rings is 1. The van der Waals surface area contributed by atoms with Crippen molar-refractivity contribution in [2.45, 2.75) is 26.7 Å². The average molecular weight is 276 g/mol. The van der Waals surface area contributed by atoms with E-state index in [0.29, 0.717) is 5.69 Å². The van der Waals surface area contributed by atoms with Crippen LogP contribution in [0, 0.1) is 19.8 Å². The van der Waals surface area contributed by atoms with Gasteiger partial charge in [-0.2, -0.15) is 0 Å².